The topological polar surface area (TPSA) is 57.5 Å². The van der Waals surface area contributed by atoms with Crippen LogP contribution in [0.5, 0.6) is 5.88 Å². The molecule has 26 heavy (non-hydrogen) atoms. The van der Waals surface area contributed by atoms with E-state index in [0.717, 1.165) is 11.1 Å². The molecule has 0 amide bonds. The fraction of sp³-hybridized carbons (Fsp3) is 0.100. The fourth-order valence-corrected chi connectivity index (χ4v) is 3.32. The SMILES string of the molecule is Oc1ncccc1C1=N[C@@H](c2ccc(Cl)cc2)[C@@H](c2ccc(Cl)cc2)N1. The van der Waals surface area contributed by atoms with Gasteiger partial charge in [0.05, 0.1) is 11.6 Å². The van der Waals surface area contributed by atoms with Gasteiger partial charge in [-0.1, -0.05) is 47.5 Å². The van der Waals surface area contributed by atoms with Crippen LogP contribution in [0.3, 0.4) is 0 Å². The number of aromatic hydroxyl groups is 1. The Hall–Kier alpha value is -2.56. The molecule has 130 valence electrons. The minimum Gasteiger partial charge on any atom is -0.493 e. The number of hydrogen-bond acceptors (Lipinski definition) is 4. The van der Waals surface area contributed by atoms with Crippen LogP contribution < -0.4 is 5.32 Å². The lowest BCUT2D eigenvalue weighted by Crippen LogP contribution is -2.25. The molecule has 0 bridgehead atoms. The highest BCUT2D eigenvalue weighted by molar-refractivity contribution is 6.30. The molecule has 6 heteroatoms. The van der Waals surface area contributed by atoms with Crippen LogP contribution in [0.1, 0.15) is 28.8 Å². The highest BCUT2D eigenvalue weighted by Gasteiger charge is 2.32. The Morgan fingerprint density at radius 3 is 2.08 bits per heavy atom. The second-order valence-electron chi connectivity index (χ2n) is 6.02. The molecule has 0 fully saturated rings. The number of pyridine rings is 1. The van der Waals surface area contributed by atoms with Crippen molar-refractivity contribution in [2.45, 2.75) is 12.1 Å². The maximum atomic E-state index is 10.1. The number of aromatic nitrogens is 1. The van der Waals surface area contributed by atoms with Crippen LogP contribution >= 0.6 is 23.2 Å². The Balaban J connectivity index is 1.77. The van der Waals surface area contributed by atoms with Crippen molar-refractivity contribution in [2.24, 2.45) is 4.99 Å². The molecule has 4 rings (SSSR count). The third-order valence-electron chi connectivity index (χ3n) is 4.36. The van der Waals surface area contributed by atoms with Crippen molar-refractivity contribution in [1.29, 1.82) is 0 Å². The lowest BCUT2D eigenvalue weighted by atomic mass is 9.95. The summed E-state index contributed by atoms with van der Waals surface area (Å²) in [6.07, 6.45) is 1.54. The van der Waals surface area contributed by atoms with Gasteiger partial charge in [-0.2, -0.15) is 0 Å². The Kier molecular flexibility index (Phi) is 4.53. The number of hydrogen-bond donors (Lipinski definition) is 2. The van der Waals surface area contributed by atoms with E-state index in [1.165, 1.54) is 0 Å². The Labute approximate surface area is 161 Å². The summed E-state index contributed by atoms with van der Waals surface area (Å²) in [5.41, 5.74) is 2.65. The van der Waals surface area contributed by atoms with Crippen LogP contribution in [-0.4, -0.2) is 15.9 Å². The van der Waals surface area contributed by atoms with Gasteiger partial charge in [-0.25, -0.2) is 4.98 Å². The molecule has 0 unspecified atom stereocenters. The van der Waals surface area contributed by atoms with Gasteiger partial charge < -0.3 is 10.4 Å². The van der Waals surface area contributed by atoms with Gasteiger partial charge in [0.15, 0.2) is 0 Å². The Morgan fingerprint density at radius 1 is 0.846 bits per heavy atom. The maximum absolute atomic E-state index is 10.1. The van der Waals surface area contributed by atoms with Gasteiger partial charge in [0.25, 0.3) is 0 Å². The number of nitrogens with zero attached hydrogens (tertiary/aromatic N) is 2. The van der Waals surface area contributed by atoms with Crippen LogP contribution in [0.4, 0.5) is 0 Å². The molecule has 2 N–H and O–H groups in total. The molecular formula is C20H15Cl2N3O. The molecule has 2 aromatic carbocycles. The first kappa shape index (κ1) is 16.9. The average molecular weight is 384 g/mol. The first-order chi connectivity index (χ1) is 12.6. The number of amidine groups is 1. The quantitative estimate of drug-likeness (QED) is 0.674. The molecule has 4 nitrogen and oxygen atoms in total. The van der Waals surface area contributed by atoms with Crippen molar-refractivity contribution in [1.82, 2.24) is 10.3 Å². The summed E-state index contributed by atoms with van der Waals surface area (Å²) in [6.45, 7) is 0. The molecule has 1 aliphatic heterocycles. The van der Waals surface area contributed by atoms with Crippen molar-refractivity contribution in [3.63, 3.8) is 0 Å². The van der Waals surface area contributed by atoms with Crippen LogP contribution in [0.15, 0.2) is 71.9 Å². The highest BCUT2D eigenvalue weighted by Crippen LogP contribution is 2.38. The minimum absolute atomic E-state index is 0.0506. The summed E-state index contributed by atoms with van der Waals surface area (Å²) < 4.78 is 0. The Bertz CT molecular complexity index is 956. The van der Waals surface area contributed by atoms with E-state index in [1.54, 1.807) is 18.3 Å². The smallest absolute Gasteiger partial charge is 0.221 e. The molecule has 3 aromatic rings. The molecule has 0 aliphatic carbocycles. The van der Waals surface area contributed by atoms with Crippen molar-refractivity contribution in [2.75, 3.05) is 0 Å². The van der Waals surface area contributed by atoms with E-state index in [1.807, 2.05) is 48.5 Å². The second-order valence-corrected chi connectivity index (χ2v) is 6.90. The monoisotopic (exact) mass is 383 g/mol. The van der Waals surface area contributed by atoms with E-state index in [-0.39, 0.29) is 18.0 Å². The van der Waals surface area contributed by atoms with Gasteiger partial charge in [0, 0.05) is 16.2 Å². The van der Waals surface area contributed by atoms with Crippen molar-refractivity contribution in [3.8, 4) is 5.88 Å². The lowest BCUT2D eigenvalue weighted by Gasteiger charge is -2.20. The molecule has 0 radical (unpaired) electrons. The standard InChI is InChI=1S/C20H15Cl2N3O/c21-14-7-3-12(4-8-14)17-18(13-5-9-15(22)10-6-13)25-19(24-17)16-2-1-11-23-20(16)26/h1-11,17-18H,(H,23,26)(H,24,25)/t17-,18+. The third kappa shape index (κ3) is 3.26. The zero-order valence-corrected chi connectivity index (χ0v) is 15.1. The van der Waals surface area contributed by atoms with Crippen LogP contribution in [0.25, 0.3) is 0 Å². The predicted molar refractivity (Wildman–Crippen MR) is 104 cm³/mol. The fourth-order valence-electron chi connectivity index (χ4n) is 3.07. The zero-order valence-electron chi connectivity index (χ0n) is 13.6. The van der Waals surface area contributed by atoms with Gasteiger partial charge in [-0.15, -0.1) is 0 Å². The molecule has 2 heterocycles. The van der Waals surface area contributed by atoms with Crippen molar-refractivity contribution < 1.29 is 5.11 Å². The predicted octanol–water partition coefficient (Wildman–Crippen LogP) is 4.93. The summed E-state index contributed by atoms with van der Waals surface area (Å²) in [6, 6.07) is 18.6. The average Bonchev–Trinajstić information content (AvgIpc) is 3.08. The molecule has 1 aromatic heterocycles. The van der Waals surface area contributed by atoms with E-state index in [4.69, 9.17) is 28.2 Å². The summed E-state index contributed by atoms with van der Waals surface area (Å²) in [5.74, 6) is 0.556. The summed E-state index contributed by atoms with van der Waals surface area (Å²) >= 11 is 12.1. The van der Waals surface area contributed by atoms with Gasteiger partial charge in [0.1, 0.15) is 11.9 Å². The molecule has 0 saturated heterocycles. The van der Waals surface area contributed by atoms with E-state index < -0.39 is 0 Å². The van der Waals surface area contributed by atoms with E-state index in [0.29, 0.717) is 21.4 Å². The molecule has 2 atom stereocenters. The normalized spacial score (nSPS) is 19.1. The van der Waals surface area contributed by atoms with Crippen LogP contribution in [0, 0.1) is 0 Å². The zero-order chi connectivity index (χ0) is 18.1. The van der Waals surface area contributed by atoms with E-state index in [9.17, 15) is 5.11 Å². The number of rotatable bonds is 3. The van der Waals surface area contributed by atoms with E-state index >= 15 is 0 Å². The summed E-state index contributed by atoms with van der Waals surface area (Å²) in [4.78, 5) is 8.77. The maximum Gasteiger partial charge on any atom is 0.221 e. The lowest BCUT2D eigenvalue weighted by molar-refractivity contribution is 0.452. The number of nitrogens with one attached hydrogen (secondary N) is 1. The van der Waals surface area contributed by atoms with Crippen LogP contribution in [0.2, 0.25) is 10.0 Å². The highest BCUT2D eigenvalue weighted by atomic mass is 35.5. The number of aliphatic imine (C=N–C) groups is 1. The first-order valence-electron chi connectivity index (χ1n) is 8.11. The minimum atomic E-state index is -0.164. The molecular weight excluding hydrogens is 369 g/mol. The largest absolute Gasteiger partial charge is 0.493 e. The van der Waals surface area contributed by atoms with E-state index in [2.05, 4.69) is 10.3 Å². The summed E-state index contributed by atoms with van der Waals surface area (Å²) in [7, 11) is 0. The second kappa shape index (κ2) is 6.98. The molecule has 0 saturated carbocycles. The third-order valence-corrected chi connectivity index (χ3v) is 4.86. The van der Waals surface area contributed by atoms with Gasteiger partial charge in [0.2, 0.25) is 5.88 Å². The molecule has 0 spiro atoms. The number of halogens is 2. The number of benzene rings is 2. The van der Waals surface area contributed by atoms with Gasteiger partial charge in [-0.05, 0) is 47.5 Å². The van der Waals surface area contributed by atoms with Crippen molar-refractivity contribution in [3.05, 3.63) is 93.6 Å². The van der Waals surface area contributed by atoms with Crippen molar-refractivity contribution >= 4 is 29.0 Å². The van der Waals surface area contributed by atoms with Gasteiger partial charge >= 0.3 is 0 Å². The van der Waals surface area contributed by atoms with Crippen LogP contribution in [-0.2, 0) is 0 Å². The molecule has 1 aliphatic rings. The van der Waals surface area contributed by atoms with Gasteiger partial charge in [-0.3, -0.25) is 4.99 Å². The summed E-state index contributed by atoms with van der Waals surface area (Å²) in [5, 5.41) is 14.9. The first-order valence-corrected chi connectivity index (χ1v) is 8.87. The Morgan fingerprint density at radius 2 is 1.46 bits per heavy atom.